The lowest BCUT2D eigenvalue weighted by molar-refractivity contribution is -0.212. The van der Waals surface area contributed by atoms with Crippen LogP contribution in [-0.4, -0.2) is 40.9 Å². The van der Waals surface area contributed by atoms with Crippen molar-refractivity contribution in [2.24, 2.45) is 5.10 Å². The molecule has 0 bridgehead atoms. The summed E-state index contributed by atoms with van der Waals surface area (Å²) in [6.07, 6.45) is 2.27. The quantitative estimate of drug-likeness (QED) is 0.826. The predicted octanol–water partition coefficient (Wildman–Crippen LogP) is 4.23. The third kappa shape index (κ3) is 2.94. The van der Waals surface area contributed by atoms with E-state index in [0.717, 1.165) is 41.9 Å². The van der Waals surface area contributed by atoms with Gasteiger partial charge < -0.3 is 19.3 Å². The molecular formula is C23H26N2O4. The number of hydrazone groups is 1. The second kappa shape index (κ2) is 6.39. The van der Waals surface area contributed by atoms with Crippen molar-refractivity contribution in [3.8, 4) is 17.2 Å². The Bertz CT molecular complexity index is 987. The summed E-state index contributed by atoms with van der Waals surface area (Å²) in [7, 11) is 1.56. The van der Waals surface area contributed by atoms with Gasteiger partial charge in [-0.25, -0.2) is 5.01 Å². The lowest BCUT2D eigenvalue weighted by atomic mass is 9.86. The zero-order valence-corrected chi connectivity index (χ0v) is 17.0. The van der Waals surface area contributed by atoms with Gasteiger partial charge in [-0.2, -0.15) is 5.10 Å². The first kappa shape index (κ1) is 18.3. The van der Waals surface area contributed by atoms with Gasteiger partial charge in [0.25, 0.3) is 0 Å². The molecule has 6 nitrogen and oxygen atoms in total. The van der Waals surface area contributed by atoms with Crippen molar-refractivity contribution < 1.29 is 19.3 Å². The zero-order valence-electron chi connectivity index (χ0n) is 17.0. The summed E-state index contributed by atoms with van der Waals surface area (Å²) in [4.78, 5) is 0. The third-order valence-electron chi connectivity index (χ3n) is 6.11. The molecule has 0 radical (unpaired) electrons. The fourth-order valence-electron chi connectivity index (χ4n) is 4.83. The number of phenolic OH excluding ortho intramolecular Hbond substituents is 1. The minimum atomic E-state index is -0.524. The molecule has 6 heteroatoms. The van der Waals surface area contributed by atoms with Crippen LogP contribution in [0.5, 0.6) is 17.2 Å². The number of methoxy groups -OCH3 is 1. The van der Waals surface area contributed by atoms with Crippen molar-refractivity contribution in [3.63, 3.8) is 0 Å². The SMILES string of the molecule is COc1cc(C2=NN3[C@H](C2)c2ccccc2O[C@]32CCOC(C)(C)C2)ccc1O. The maximum Gasteiger partial charge on any atom is 0.203 e. The Balaban J connectivity index is 1.60. The molecular weight excluding hydrogens is 368 g/mol. The number of rotatable bonds is 2. The summed E-state index contributed by atoms with van der Waals surface area (Å²) in [5.41, 5.74) is 2.27. The van der Waals surface area contributed by atoms with Crippen molar-refractivity contribution >= 4 is 5.71 Å². The Morgan fingerprint density at radius 3 is 2.83 bits per heavy atom. The van der Waals surface area contributed by atoms with Crippen LogP contribution in [0.1, 0.15) is 50.3 Å². The number of hydrogen-bond acceptors (Lipinski definition) is 6. The van der Waals surface area contributed by atoms with Crippen molar-refractivity contribution in [3.05, 3.63) is 53.6 Å². The smallest absolute Gasteiger partial charge is 0.203 e. The van der Waals surface area contributed by atoms with E-state index in [-0.39, 0.29) is 17.4 Å². The fraction of sp³-hybridized carbons (Fsp3) is 0.435. The molecule has 1 fully saturated rings. The molecule has 1 N–H and O–H groups in total. The molecule has 3 aliphatic rings. The summed E-state index contributed by atoms with van der Waals surface area (Å²) < 4.78 is 17.9. The molecule has 1 saturated heterocycles. The van der Waals surface area contributed by atoms with E-state index < -0.39 is 5.72 Å². The van der Waals surface area contributed by atoms with E-state index in [1.54, 1.807) is 13.2 Å². The van der Waals surface area contributed by atoms with Crippen LogP contribution in [-0.2, 0) is 4.74 Å². The van der Waals surface area contributed by atoms with Crippen LogP contribution in [0.25, 0.3) is 0 Å². The third-order valence-corrected chi connectivity index (χ3v) is 6.11. The Morgan fingerprint density at radius 2 is 2.03 bits per heavy atom. The van der Waals surface area contributed by atoms with Crippen molar-refractivity contribution in [2.45, 2.75) is 50.5 Å². The van der Waals surface area contributed by atoms with E-state index in [1.165, 1.54) is 0 Å². The minimum Gasteiger partial charge on any atom is -0.504 e. The topological polar surface area (TPSA) is 63.5 Å². The number of ether oxygens (including phenoxy) is 3. The largest absolute Gasteiger partial charge is 0.504 e. The van der Waals surface area contributed by atoms with Crippen LogP contribution in [0.3, 0.4) is 0 Å². The monoisotopic (exact) mass is 394 g/mol. The summed E-state index contributed by atoms with van der Waals surface area (Å²) in [5.74, 6) is 1.52. The van der Waals surface area contributed by atoms with E-state index in [4.69, 9.17) is 19.3 Å². The number of benzene rings is 2. The average molecular weight is 394 g/mol. The maximum absolute atomic E-state index is 9.96. The molecule has 3 aliphatic heterocycles. The first-order valence-electron chi connectivity index (χ1n) is 10.1. The number of aromatic hydroxyl groups is 1. The van der Waals surface area contributed by atoms with Crippen LogP contribution in [0.4, 0.5) is 0 Å². The maximum atomic E-state index is 9.96. The highest BCUT2D eigenvalue weighted by atomic mass is 16.5. The average Bonchev–Trinajstić information content (AvgIpc) is 3.14. The molecule has 0 aliphatic carbocycles. The molecule has 2 atom stereocenters. The molecule has 0 aromatic heterocycles. The lowest BCUT2D eigenvalue weighted by Gasteiger charge is -2.52. The highest BCUT2D eigenvalue weighted by Gasteiger charge is 2.54. The Kier molecular flexibility index (Phi) is 4.03. The number of phenols is 1. The normalized spacial score (nSPS) is 27.1. The van der Waals surface area contributed by atoms with Crippen LogP contribution in [0, 0.1) is 0 Å². The molecule has 0 unspecified atom stereocenters. The Labute approximate surface area is 170 Å². The van der Waals surface area contributed by atoms with Gasteiger partial charge in [0.2, 0.25) is 5.72 Å². The van der Waals surface area contributed by atoms with Gasteiger partial charge in [-0.15, -0.1) is 0 Å². The molecule has 29 heavy (non-hydrogen) atoms. The first-order chi connectivity index (χ1) is 13.9. The first-order valence-corrected chi connectivity index (χ1v) is 10.1. The van der Waals surface area contributed by atoms with Gasteiger partial charge in [0.15, 0.2) is 11.5 Å². The Hall–Kier alpha value is -2.73. The van der Waals surface area contributed by atoms with Crippen LogP contribution in [0.15, 0.2) is 47.6 Å². The molecule has 3 heterocycles. The lowest BCUT2D eigenvalue weighted by Crippen LogP contribution is -2.60. The zero-order chi connectivity index (χ0) is 20.2. The number of hydrogen-bond donors (Lipinski definition) is 1. The van der Waals surface area contributed by atoms with E-state index in [0.29, 0.717) is 12.4 Å². The molecule has 5 rings (SSSR count). The molecule has 0 amide bonds. The highest BCUT2D eigenvalue weighted by molar-refractivity contribution is 6.02. The number of fused-ring (bicyclic) bond motifs is 4. The van der Waals surface area contributed by atoms with Gasteiger partial charge in [0, 0.05) is 30.4 Å². The highest BCUT2D eigenvalue weighted by Crippen LogP contribution is 2.51. The molecule has 2 aromatic rings. The molecule has 152 valence electrons. The van der Waals surface area contributed by atoms with E-state index in [1.807, 2.05) is 24.3 Å². The number of nitrogens with zero attached hydrogens (tertiary/aromatic N) is 2. The summed E-state index contributed by atoms with van der Waals surface area (Å²) >= 11 is 0. The summed E-state index contributed by atoms with van der Waals surface area (Å²) in [5, 5.41) is 17.2. The van der Waals surface area contributed by atoms with Crippen molar-refractivity contribution in [2.75, 3.05) is 13.7 Å². The summed E-state index contributed by atoms with van der Waals surface area (Å²) in [6, 6.07) is 13.8. The van der Waals surface area contributed by atoms with Crippen molar-refractivity contribution in [1.29, 1.82) is 0 Å². The fourth-order valence-corrected chi connectivity index (χ4v) is 4.83. The standard InChI is InChI=1S/C23H26N2O4/c1-22(2)14-23(10-11-28-22)25-18(16-6-4-5-7-20(16)29-23)13-17(24-25)15-8-9-19(26)21(12-15)27-3/h4-9,12,18,26H,10-11,13-14H2,1-3H3/t18-,23+/m1/s1. The van der Waals surface area contributed by atoms with E-state index in [9.17, 15) is 5.11 Å². The van der Waals surface area contributed by atoms with Gasteiger partial charge in [0.05, 0.1) is 31.1 Å². The van der Waals surface area contributed by atoms with Gasteiger partial charge >= 0.3 is 0 Å². The van der Waals surface area contributed by atoms with Gasteiger partial charge in [-0.1, -0.05) is 18.2 Å². The minimum absolute atomic E-state index is 0.114. The molecule has 2 aromatic carbocycles. The van der Waals surface area contributed by atoms with Crippen LogP contribution >= 0.6 is 0 Å². The van der Waals surface area contributed by atoms with Gasteiger partial charge in [0.1, 0.15) is 5.75 Å². The van der Waals surface area contributed by atoms with Gasteiger partial charge in [-0.3, -0.25) is 0 Å². The Morgan fingerprint density at radius 1 is 1.21 bits per heavy atom. The van der Waals surface area contributed by atoms with E-state index in [2.05, 4.69) is 31.0 Å². The summed E-state index contributed by atoms with van der Waals surface area (Å²) in [6.45, 7) is 4.85. The number of para-hydroxylation sites is 1. The molecule has 0 saturated carbocycles. The van der Waals surface area contributed by atoms with Crippen molar-refractivity contribution in [1.82, 2.24) is 5.01 Å². The second-order valence-electron chi connectivity index (χ2n) is 8.62. The predicted molar refractivity (Wildman–Crippen MR) is 109 cm³/mol. The molecule has 1 spiro atoms. The second-order valence-corrected chi connectivity index (χ2v) is 8.62. The van der Waals surface area contributed by atoms with E-state index >= 15 is 0 Å². The van der Waals surface area contributed by atoms with Crippen LogP contribution in [0.2, 0.25) is 0 Å². The van der Waals surface area contributed by atoms with Gasteiger partial charge in [-0.05, 0) is 38.1 Å². The van der Waals surface area contributed by atoms with Crippen LogP contribution < -0.4 is 9.47 Å².